The van der Waals surface area contributed by atoms with Gasteiger partial charge in [0.05, 0.1) is 18.1 Å². The lowest BCUT2D eigenvalue weighted by Crippen LogP contribution is -2.52. The zero-order valence-corrected chi connectivity index (χ0v) is 19.5. The molecule has 12 atom stereocenters. The summed E-state index contributed by atoms with van der Waals surface area (Å²) >= 11 is 0. The first-order valence-corrected chi connectivity index (χ1v) is 13.5. The molecule has 0 unspecified atom stereocenters. The van der Waals surface area contributed by atoms with Crippen molar-refractivity contribution in [2.75, 3.05) is 13.2 Å². The van der Waals surface area contributed by atoms with Crippen LogP contribution in [0, 0.1) is 52.8 Å². The van der Waals surface area contributed by atoms with E-state index in [-0.39, 0.29) is 23.6 Å². The first kappa shape index (κ1) is 19.8. The van der Waals surface area contributed by atoms with Gasteiger partial charge in [0.1, 0.15) is 6.10 Å². The summed E-state index contributed by atoms with van der Waals surface area (Å²) in [5.74, 6) is 5.88. The third kappa shape index (κ3) is 2.89. The van der Waals surface area contributed by atoms with Crippen LogP contribution in [0.3, 0.4) is 0 Å². The minimum Gasteiger partial charge on any atom is -0.462 e. The van der Waals surface area contributed by atoms with E-state index in [9.17, 15) is 4.79 Å². The quantitative estimate of drug-likeness (QED) is 0.528. The van der Waals surface area contributed by atoms with Crippen LogP contribution in [0.15, 0.2) is 0 Å². The molecule has 172 valence electrons. The molecule has 7 fully saturated rings. The molecule has 0 aromatic heterocycles. The van der Waals surface area contributed by atoms with Crippen molar-refractivity contribution in [3.63, 3.8) is 0 Å². The van der Waals surface area contributed by atoms with Gasteiger partial charge in [0.15, 0.2) is 0 Å². The van der Waals surface area contributed by atoms with Gasteiger partial charge in [0.2, 0.25) is 0 Å². The molecule has 2 aliphatic heterocycles. The van der Waals surface area contributed by atoms with E-state index in [0.717, 1.165) is 55.6 Å². The molecular formula is C27H41NO3. The molecule has 7 aliphatic rings. The largest absolute Gasteiger partial charge is 0.462 e. The third-order valence-corrected chi connectivity index (χ3v) is 11.7. The molecule has 2 saturated heterocycles. The van der Waals surface area contributed by atoms with Crippen LogP contribution in [0.2, 0.25) is 0 Å². The Morgan fingerprint density at radius 2 is 1.90 bits per heavy atom. The lowest BCUT2D eigenvalue weighted by atomic mass is 9.53. The summed E-state index contributed by atoms with van der Waals surface area (Å²) in [6, 6.07) is 0.533. The second kappa shape index (κ2) is 6.72. The maximum atomic E-state index is 13.0. The molecule has 5 aliphatic carbocycles. The SMILES string of the molecule is C[C@@H](NC[C@H]1C(=O)O[C@@H]2C[C@@]3(C)CCC[C@]4(CO4)[C@@H]3C[C@@H]21)[C@H]1[C@@H]2CC[C@H]3C[C@@H](C2)C[C@@H]31. The van der Waals surface area contributed by atoms with Gasteiger partial charge in [-0.3, -0.25) is 4.79 Å². The van der Waals surface area contributed by atoms with Crippen molar-refractivity contribution < 1.29 is 14.3 Å². The Balaban J connectivity index is 1.05. The van der Waals surface area contributed by atoms with E-state index >= 15 is 0 Å². The fraction of sp³-hybridized carbons (Fsp3) is 0.963. The molecule has 0 amide bonds. The maximum absolute atomic E-state index is 13.0. The summed E-state index contributed by atoms with van der Waals surface area (Å²) in [5, 5.41) is 3.91. The number of fused-ring (bicyclic) bond motifs is 5. The monoisotopic (exact) mass is 427 g/mol. The Morgan fingerprint density at radius 1 is 1.10 bits per heavy atom. The van der Waals surface area contributed by atoms with Gasteiger partial charge in [0.25, 0.3) is 0 Å². The lowest BCUT2D eigenvalue weighted by Gasteiger charge is -2.51. The Kier molecular flexibility index (Phi) is 4.29. The van der Waals surface area contributed by atoms with Crippen LogP contribution in [0.4, 0.5) is 0 Å². The molecule has 4 nitrogen and oxygen atoms in total. The molecule has 2 heterocycles. The highest BCUT2D eigenvalue weighted by Crippen LogP contribution is 2.63. The predicted octanol–water partition coefficient (Wildman–Crippen LogP) is 4.56. The number of carbonyl (C=O) groups is 1. The molecule has 5 saturated carbocycles. The van der Waals surface area contributed by atoms with E-state index in [0.29, 0.717) is 23.3 Å². The standard InChI is InChI=1S/C27H41NO3/c1-15(24-18-5-4-17-8-16(9-18)10-19(17)24)28-13-21-20-11-23-26(2,12-22(20)31-25(21)29)6-3-7-27(23)14-30-27/h15-24,28H,3-14H2,1-2H3/t15-,16+,17+,18-,19+,20-,21-,22-,23-,24+,26-,27+/m1/s1. The molecule has 3 bridgehead atoms. The van der Waals surface area contributed by atoms with Gasteiger partial charge in [-0.15, -0.1) is 0 Å². The number of nitrogens with one attached hydrogen (secondary N) is 1. The molecule has 1 N–H and O–H groups in total. The molecule has 7 rings (SSSR count). The van der Waals surface area contributed by atoms with Crippen molar-refractivity contribution in [2.45, 2.75) is 95.8 Å². The van der Waals surface area contributed by atoms with E-state index in [2.05, 4.69) is 19.2 Å². The van der Waals surface area contributed by atoms with Crippen molar-refractivity contribution in [3.8, 4) is 0 Å². The van der Waals surface area contributed by atoms with Crippen molar-refractivity contribution in [3.05, 3.63) is 0 Å². The Labute approximate surface area is 187 Å². The van der Waals surface area contributed by atoms with E-state index in [1.54, 1.807) is 0 Å². The average molecular weight is 428 g/mol. The van der Waals surface area contributed by atoms with Gasteiger partial charge in [-0.1, -0.05) is 6.92 Å². The molecule has 4 heteroatoms. The van der Waals surface area contributed by atoms with E-state index in [1.165, 1.54) is 51.4 Å². The zero-order valence-electron chi connectivity index (χ0n) is 19.5. The number of rotatable bonds is 4. The second-order valence-corrected chi connectivity index (χ2v) is 13.2. The highest BCUT2D eigenvalue weighted by Gasteiger charge is 2.65. The number of esters is 1. The van der Waals surface area contributed by atoms with Crippen molar-refractivity contribution in [2.24, 2.45) is 52.8 Å². The molecule has 0 aromatic carbocycles. The van der Waals surface area contributed by atoms with Gasteiger partial charge in [-0.05, 0) is 112 Å². The molecule has 0 aromatic rings. The van der Waals surface area contributed by atoms with Crippen molar-refractivity contribution >= 4 is 5.97 Å². The van der Waals surface area contributed by atoms with Gasteiger partial charge in [-0.25, -0.2) is 0 Å². The number of hydrogen-bond acceptors (Lipinski definition) is 4. The fourth-order valence-corrected chi connectivity index (χ4v) is 10.4. The summed E-state index contributed by atoms with van der Waals surface area (Å²) in [7, 11) is 0. The topological polar surface area (TPSA) is 50.9 Å². The van der Waals surface area contributed by atoms with Crippen LogP contribution in [-0.4, -0.2) is 36.9 Å². The number of ether oxygens (including phenoxy) is 2. The molecule has 31 heavy (non-hydrogen) atoms. The van der Waals surface area contributed by atoms with Crippen LogP contribution in [-0.2, 0) is 14.3 Å². The van der Waals surface area contributed by atoms with Crippen molar-refractivity contribution in [1.82, 2.24) is 5.32 Å². The Hall–Kier alpha value is -0.610. The summed E-state index contributed by atoms with van der Waals surface area (Å²) in [6.45, 7) is 6.64. The fourth-order valence-electron chi connectivity index (χ4n) is 10.4. The minimum absolute atomic E-state index is 0.0480. The minimum atomic E-state index is 0.0480. The van der Waals surface area contributed by atoms with Crippen molar-refractivity contribution in [1.29, 1.82) is 0 Å². The lowest BCUT2D eigenvalue weighted by molar-refractivity contribution is -0.147. The molecule has 1 spiro atoms. The second-order valence-electron chi connectivity index (χ2n) is 13.2. The predicted molar refractivity (Wildman–Crippen MR) is 118 cm³/mol. The van der Waals surface area contributed by atoms with Crippen LogP contribution < -0.4 is 5.32 Å². The Morgan fingerprint density at radius 3 is 2.74 bits per heavy atom. The van der Waals surface area contributed by atoms with Crippen LogP contribution >= 0.6 is 0 Å². The highest BCUT2D eigenvalue weighted by atomic mass is 16.6. The first-order chi connectivity index (χ1) is 15.0. The average Bonchev–Trinajstić information content (AvgIpc) is 3.37. The maximum Gasteiger partial charge on any atom is 0.310 e. The normalized spacial score (nSPS) is 57.5. The Bertz CT molecular complexity index is 764. The van der Waals surface area contributed by atoms with Gasteiger partial charge >= 0.3 is 5.97 Å². The van der Waals surface area contributed by atoms with E-state index < -0.39 is 0 Å². The summed E-state index contributed by atoms with van der Waals surface area (Å²) in [5.41, 5.74) is 0.446. The van der Waals surface area contributed by atoms with Crippen LogP contribution in [0.25, 0.3) is 0 Å². The third-order valence-electron chi connectivity index (χ3n) is 11.7. The summed E-state index contributed by atoms with van der Waals surface area (Å²) in [4.78, 5) is 13.0. The van der Waals surface area contributed by atoms with Gasteiger partial charge in [-0.2, -0.15) is 0 Å². The first-order valence-electron chi connectivity index (χ1n) is 13.5. The molecular weight excluding hydrogens is 386 g/mol. The smallest absolute Gasteiger partial charge is 0.310 e. The summed E-state index contributed by atoms with van der Waals surface area (Å²) < 4.78 is 12.1. The molecule has 0 radical (unpaired) electrons. The summed E-state index contributed by atoms with van der Waals surface area (Å²) in [6.07, 6.45) is 13.5. The van der Waals surface area contributed by atoms with E-state index in [1.807, 2.05) is 0 Å². The van der Waals surface area contributed by atoms with E-state index in [4.69, 9.17) is 9.47 Å². The van der Waals surface area contributed by atoms with Crippen LogP contribution in [0.5, 0.6) is 0 Å². The van der Waals surface area contributed by atoms with Gasteiger partial charge < -0.3 is 14.8 Å². The van der Waals surface area contributed by atoms with Gasteiger partial charge in [0, 0.05) is 18.5 Å². The highest BCUT2D eigenvalue weighted by molar-refractivity contribution is 5.75. The zero-order chi connectivity index (χ0) is 21.0. The number of hydrogen-bond donors (Lipinski definition) is 1. The number of carbonyl (C=O) groups excluding carboxylic acids is 1. The van der Waals surface area contributed by atoms with Crippen LogP contribution in [0.1, 0.15) is 78.1 Å². The number of epoxide rings is 1.